The largest absolute Gasteiger partial charge is 0.465 e. The summed E-state index contributed by atoms with van der Waals surface area (Å²) in [7, 11) is 1.27. The molecule has 0 aliphatic heterocycles. The van der Waals surface area contributed by atoms with Gasteiger partial charge < -0.3 is 15.4 Å². The summed E-state index contributed by atoms with van der Waals surface area (Å²) in [4.78, 5) is 37.8. The average molecular weight is 493 g/mol. The van der Waals surface area contributed by atoms with E-state index in [1.807, 2.05) is 12.1 Å². The number of nitrogens with one attached hydrogen (secondary N) is 2. The average Bonchev–Trinajstić information content (AvgIpc) is 2.87. The van der Waals surface area contributed by atoms with Crippen molar-refractivity contribution in [3.8, 4) is 0 Å². The van der Waals surface area contributed by atoms with Crippen LogP contribution in [0, 0.1) is 0 Å². The van der Waals surface area contributed by atoms with Gasteiger partial charge in [0.1, 0.15) is 0 Å². The predicted octanol–water partition coefficient (Wildman–Crippen LogP) is 7.01. The molecule has 3 rings (SSSR count). The van der Waals surface area contributed by atoms with Gasteiger partial charge >= 0.3 is 5.97 Å². The SMILES string of the molecule is CCCCCCC(=O)Nc1ccc(C(=O)c2ccc(Nc3ccc(Cl)cc3)cc2C(=O)OC)cc1. The Morgan fingerprint density at radius 1 is 0.800 bits per heavy atom. The number of amides is 1. The Bertz CT molecular complexity index is 1170. The fourth-order valence-electron chi connectivity index (χ4n) is 3.59. The molecule has 0 atom stereocenters. The number of halogens is 1. The van der Waals surface area contributed by atoms with E-state index in [2.05, 4.69) is 17.6 Å². The molecule has 1 amide bonds. The molecule has 0 aromatic heterocycles. The zero-order valence-corrected chi connectivity index (χ0v) is 20.7. The molecule has 6 nitrogen and oxygen atoms in total. The van der Waals surface area contributed by atoms with E-state index in [0.29, 0.717) is 28.4 Å². The van der Waals surface area contributed by atoms with Crippen LogP contribution < -0.4 is 10.6 Å². The van der Waals surface area contributed by atoms with Crippen molar-refractivity contribution in [3.63, 3.8) is 0 Å². The van der Waals surface area contributed by atoms with Crippen molar-refractivity contribution >= 4 is 46.3 Å². The van der Waals surface area contributed by atoms with Crippen LogP contribution in [0.5, 0.6) is 0 Å². The number of anilines is 3. The third kappa shape index (κ3) is 7.42. The second-order valence-electron chi connectivity index (χ2n) is 8.15. The van der Waals surface area contributed by atoms with Gasteiger partial charge in [-0.25, -0.2) is 4.79 Å². The third-order valence-corrected chi connectivity index (χ3v) is 5.74. The summed E-state index contributed by atoms with van der Waals surface area (Å²) in [6.45, 7) is 2.13. The first-order valence-electron chi connectivity index (χ1n) is 11.6. The van der Waals surface area contributed by atoms with Crippen LogP contribution in [0.25, 0.3) is 0 Å². The van der Waals surface area contributed by atoms with Gasteiger partial charge in [0.15, 0.2) is 5.78 Å². The van der Waals surface area contributed by atoms with Gasteiger partial charge in [-0.3, -0.25) is 9.59 Å². The minimum absolute atomic E-state index is 0.0445. The highest BCUT2D eigenvalue weighted by Crippen LogP contribution is 2.24. The summed E-state index contributed by atoms with van der Waals surface area (Å²) < 4.78 is 4.91. The zero-order valence-electron chi connectivity index (χ0n) is 19.9. The van der Waals surface area contributed by atoms with Crippen molar-refractivity contribution in [3.05, 3.63) is 88.4 Å². The Morgan fingerprint density at radius 2 is 1.46 bits per heavy atom. The lowest BCUT2D eigenvalue weighted by atomic mass is 9.97. The third-order valence-electron chi connectivity index (χ3n) is 5.49. The highest BCUT2D eigenvalue weighted by molar-refractivity contribution is 6.30. The molecule has 0 radical (unpaired) electrons. The number of benzene rings is 3. The van der Waals surface area contributed by atoms with Gasteiger partial charge in [-0.05, 0) is 73.2 Å². The van der Waals surface area contributed by atoms with E-state index in [1.165, 1.54) is 7.11 Å². The number of methoxy groups -OCH3 is 1. The van der Waals surface area contributed by atoms with Gasteiger partial charge in [0.05, 0.1) is 12.7 Å². The Hall–Kier alpha value is -3.64. The number of unbranched alkanes of at least 4 members (excludes halogenated alkanes) is 3. The molecule has 0 saturated heterocycles. The quantitative estimate of drug-likeness (QED) is 0.171. The van der Waals surface area contributed by atoms with Crippen molar-refractivity contribution in [1.29, 1.82) is 0 Å². The molecule has 0 heterocycles. The van der Waals surface area contributed by atoms with Gasteiger partial charge in [0, 0.05) is 39.6 Å². The number of hydrogen-bond donors (Lipinski definition) is 2. The minimum atomic E-state index is -0.611. The number of esters is 1. The molecule has 0 aliphatic rings. The van der Waals surface area contributed by atoms with Crippen LogP contribution >= 0.6 is 11.6 Å². The molecule has 2 N–H and O–H groups in total. The van der Waals surface area contributed by atoms with Crippen LogP contribution in [-0.4, -0.2) is 24.8 Å². The standard InChI is InChI=1S/C28H29ClN2O4/c1-3-4-5-6-7-26(32)31-22-12-8-19(9-13-22)27(33)24-17-16-23(18-25(24)28(34)35-2)30-21-14-10-20(29)11-15-21/h8-18,30H,3-7H2,1-2H3,(H,31,32). The first kappa shape index (κ1) is 26.0. The summed E-state index contributed by atoms with van der Waals surface area (Å²) >= 11 is 5.93. The Labute approximate surface area is 210 Å². The molecule has 3 aromatic rings. The topological polar surface area (TPSA) is 84.5 Å². The van der Waals surface area contributed by atoms with Crippen LogP contribution in [0.1, 0.15) is 65.3 Å². The Kier molecular flexibility index (Phi) is 9.44. The highest BCUT2D eigenvalue weighted by Gasteiger charge is 2.20. The molecule has 3 aromatic carbocycles. The Balaban J connectivity index is 1.74. The van der Waals surface area contributed by atoms with E-state index in [4.69, 9.17) is 16.3 Å². The molecule has 7 heteroatoms. The number of hydrogen-bond acceptors (Lipinski definition) is 5. The van der Waals surface area contributed by atoms with Crippen molar-refractivity contribution in [2.24, 2.45) is 0 Å². The number of rotatable bonds is 11. The minimum Gasteiger partial charge on any atom is -0.465 e. The first-order chi connectivity index (χ1) is 16.9. The van der Waals surface area contributed by atoms with E-state index in [1.54, 1.807) is 54.6 Å². The normalized spacial score (nSPS) is 10.5. The molecule has 0 saturated carbocycles. The summed E-state index contributed by atoms with van der Waals surface area (Å²) in [6, 6.07) is 18.7. The van der Waals surface area contributed by atoms with Crippen molar-refractivity contribution in [2.45, 2.75) is 39.0 Å². The molecule has 0 unspecified atom stereocenters. The van der Waals surface area contributed by atoms with Crippen LogP contribution in [-0.2, 0) is 9.53 Å². The molecule has 0 spiro atoms. The van der Waals surface area contributed by atoms with Gasteiger partial charge in [-0.1, -0.05) is 37.8 Å². The van der Waals surface area contributed by atoms with Crippen molar-refractivity contribution in [1.82, 2.24) is 0 Å². The van der Waals surface area contributed by atoms with Crippen molar-refractivity contribution in [2.75, 3.05) is 17.7 Å². The maximum absolute atomic E-state index is 13.2. The van der Waals surface area contributed by atoms with Crippen LogP contribution in [0.15, 0.2) is 66.7 Å². The van der Waals surface area contributed by atoms with E-state index in [9.17, 15) is 14.4 Å². The predicted molar refractivity (Wildman–Crippen MR) is 140 cm³/mol. The fourth-order valence-corrected chi connectivity index (χ4v) is 3.72. The van der Waals surface area contributed by atoms with E-state index in [-0.39, 0.29) is 22.8 Å². The Morgan fingerprint density at radius 3 is 2.11 bits per heavy atom. The number of ether oxygens (including phenoxy) is 1. The molecule has 0 bridgehead atoms. The summed E-state index contributed by atoms with van der Waals surface area (Å²) in [6.07, 6.45) is 4.61. The smallest absolute Gasteiger partial charge is 0.338 e. The summed E-state index contributed by atoms with van der Waals surface area (Å²) in [5.41, 5.74) is 2.81. The van der Waals surface area contributed by atoms with E-state index >= 15 is 0 Å². The lowest BCUT2D eigenvalue weighted by Gasteiger charge is -2.12. The molecule has 35 heavy (non-hydrogen) atoms. The number of carbonyl (C=O) groups is 3. The highest BCUT2D eigenvalue weighted by atomic mass is 35.5. The summed E-state index contributed by atoms with van der Waals surface area (Å²) in [5, 5.41) is 6.66. The van der Waals surface area contributed by atoms with Crippen LogP contribution in [0.3, 0.4) is 0 Å². The zero-order chi connectivity index (χ0) is 25.2. The second kappa shape index (κ2) is 12.7. The summed E-state index contributed by atoms with van der Waals surface area (Å²) in [5.74, 6) is -0.974. The lowest BCUT2D eigenvalue weighted by molar-refractivity contribution is -0.116. The molecule has 0 aliphatic carbocycles. The van der Waals surface area contributed by atoms with Crippen LogP contribution in [0.2, 0.25) is 5.02 Å². The van der Waals surface area contributed by atoms with Gasteiger partial charge in [0.25, 0.3) is 0 Å². The number of carbonyl (C=O) groups excluding carboxylic acids is 3. The maximum Gasteiger partial charge on any atom is 0.338 e. The molecule has 0 fully saturated rings. The van der Waals surface area contributed by atoms with E-state index in [0.717, 1.165) is 31.4 Å². The van der Waals surface area contributed by atoms with Crippen molar-refractivity contribution < 1.29 is 19.1 Å². The van der Waals surface area contributed by atoms with Gasteiger partial charge in [0.2, 0.25) is 5.91 Å². The monoisotopic (exact) mass is 492 g/mol. The van der Waals surface area contributed by atoms with E-state index < -0.39 is 5.97 Å². The number of ketones is 1. The second-order valence-corrected chi connectivity index (χ2v) is 8.59. The van der Waals surface area contributed by atoms with Gasteiger partial charge in [-0.2, -0.15) is 0 Å². The lowest BCUT2D eigenvalue weighted by Crippen LogP contribution is -2.13. The van der Waals surface area contributed by atoms with Crippen LogP contribution in [0.4, 0.5) is 17.1 Å². The first-order valence-corrected chi connectivity index (χ1v) is 12.0. The molecular weight excluding hydrogens is 464 g/mol. The maximum atomic E-state index is 13.2. The molecule has 182 valence electrons. The molecular formula is C28H29ClN2O4. The fraction of sp³-hybridized carbons (Fsp3) is 0.250. The van der Waals surface area contributed by atoms with Gasteiger partial charge in [-0.15, -0.1) is 0 Å².